The summed E-state index contributed by atoms with van der Waals surface area (Å²) < 4.78 is 39.9. The van der Waals surface area contributed by atoms with Crippen LogP contribution in [0.15, 0.2) is 77.7 Å². The van der Waals surface area contributed by atoms with Crippen LogP contribution in [-0.2, 0) is 9.84 Å². The number of benzene rings is 3. The van der Waals surface area contributed by atoms with Crippen LogP contribution < -0.4 is 11.1 Å². The number of hydrogen-bond donors (Lipinski definition) is 2. The number of nitrogens with one attached hydrogen (secondary N) is 1. The molecular formula is C25H27FN2O3S. The van der Waals surface area contributed by atoms with Crippen molar-refractivity contribution in [1.82, 2.24) is 5.32 Å². The van der Waals surface area contributed by atoms with Crippen LogP contribution in [0.5, 0.6) is 0 Å². The van der Waals surface area contributed by atoms with E-state index in [-0.39, 0.29) is 10.8 Å². The molecule has 5 nitrogen and oxygen atoms in total. The first-order chi connectivity index (χ1) is 15.2. The van der Waals surface area contributed by atoms with Gasteiger partial charge in [0.25, 0.3) is 5.91 Å². The van der Waals surface area contributed by atoms with Crippen molar-refractivity contribution in [2.45, 2.75) is 30.5 Å². The zero-order valence-corrected chi connectivity index (χ0v) is 18.9. The summed E-state index contributed by atoms with van der Waals surface area (Å²) >= 11 is 0. The zero-order chi connectivity index (χ0) is 23.3. The summed E-state index contributed by atoms with van der Waals surface area (Å²) in [6, 6.07) is 18.6. The van der Waals surface area contributed by atoms with E-state index in [1.54, 1.807) is 48.5 Å². The maximum Gasteiger partial charge on any atom is 0.251 e. The van der Waals surface area contributed by atoms with Crippen LogP contribution in [-0.4, -0.2) is 20.9 Å². The van der Waals surface area contributed by atoms with Crippen LogP contribution in [0.2, 0.25) is 0 Å². The summed E-state index contributed by atoms with van der Waals surface area (Å²) in [7, 11) is -4.06. The van der Waals surface area contributed by atoms with Crippen LogP contribution in [0.4, 0.5) is 4.39 Å². The highest BCUT2D eigenvalue weighted by molar-refractivity contribution is 7.91. The predicted molar refractivity (Wildman–Crippen MR) is 124 cm³/mol. The average molecular weight is 455 g/mol. The van der Waals surface area contributed by atoms with E-state index in [0.29, 0.717) is 34.7 Å². The van der Waals surface area contributed by atoms with E-state index >= 15 is 0 Å². The normalized spacial score (nSPS) is 12.5. The van der Waals surface area contributed by atoms with Crippen molar-refractivity contribution in [1.29, 1.82) is 0 Å². The van der Waals surface area contributed by atoms with Gasteiger partial charge in [0.15, 0.2) is 9.84 Å². The smallest absolute Gasteiger partial charge is 0.251 e. The van der Waals surface area contributed by atoms with Crippen molar-refractivity contribution < 1.29 is 17.6 Å². The average Bonchev–Trinajstić information content (AvgIpc) is 2.78. The number of carbonyl (C=O) groups is 1. The Morgan fingerprint density at radius 1 is 0.969 bits per heavy atom. The lowest BCUT2D eigenvalue weighted by molar-refractivity contribution is 0.0952. The van der Waals surface area contributed by atoms with Crippen LogP contribution in [0.25, 0.3) is 11.1 Å². The second-order valence-electron chi connectivity index (χ2n) is 7.99. The molecule has 0 aliphatic carbocycles. The molecule has 1 unspecified atom stereocenters. The van der Waals surface area contributed by atoms with Gasteiger partial charge < -0.3 is 11.1 Å². The molecule has 3 aromatic rings. The van der Waals surface area contributed by atoms with Crippen molar-refractivity contribution >= 4 is 15.7 Å². The van der Waals surface area contributed by atoms with Gasteiger partial charge in [-0.2, -0.15) is 0 Å². The summed E-state index contributed by atoms with van der Waals surface area (Å²) in [6.45, 7) is 4.70. The Labute approximate surface area is 188 Å². The molecule has 3 aromatic carbocycles. The molecule has 0 saturated heterocycles. The molecule has 32 heavy (non-hydrogen) atoms. The first-order valence-corrected chi connectivity index (χ1v) is 12.0. The summed E-state index contributed by atoms with van der Waals surface area (Å²) in [5.74, 6) is -0.440. The first kappa shape index (κ1) is 23.6. The lowest BCUT2D eigenvalue weighted by Crippen LogP contribution is -2.26. The van der Waals surface area contributed by atoms with Crippen LogP contribution in [0.3, 0.4) is 0 Å². The molecule has 1 amide bonds. The Morgan fingerprint density at radius 2 is 1.62 bits per heavy atom. The van der Waals surface area contributed by atoms with Gasteiger partial charge in [-0.05, 0) is 53.3 Å². The number of rotatable bonds is 8. The second kappa shape index (κ2) is 10.1. The Balaban J connectivity index is 2.02. The van der Waals surface area contributed by atoms with Gasteiger partial charge in [0, 0.05) is 12.1 Å². The minimum Gasteiger partial charge on any atom is -0.352 e. The molecule has 0 fully saturated rings. The fraction of sp³-hybridized carbons (Fsp3) is 0.240. The van der Waals surface area contributed by atoms with Crippen LogP contribution in [0.1, 0.15) is 41.6 Å². The molecule has 7 heteroatoms. The minimum atomic E-state index is -4.06. The van der Waals surface area contributed by atoms with Crippen molar-refractivity contribution in [3.8, 4) is 11.1 Å². The van der Waals surface area contributed by atoms with Crippen LogP contribution in [0, 0.1) is 11.7 Å². The molecule has 0 bridgehead atoms. The minimum absolute atomic E-state index is 0.195. The standard InChI is InChI=1S/C25H27FN2O3S/c1-17(2)14-15-28-25(29)23-13-6-4-11-21(23)20-10-3-5-12-22(20)24(27)32(30,31)19-9-7-8-18(26)16-19/h3-13,16-17,24H,14-15,27H2,1-2H3,(H,28,29). The highest BCUT2D eigenvalue weighted by Crippen LogP contribution is 2.34. The third-order valence-corrected chi connectivity index (χ3v) is 7.03. The van der Waals surface area contributed by atoms with Gasteiger partial charge >= 0.3 is 0 Å². The molecule has 0 aliphatic heterocycles. The SMILES string of the molecule is CC(C)CCNC(=O)c1ccccc1-c1ccccc1C(N)S(=O)(=O)c1cccc(F)c1. The van der Waals surface area contributed by atoms with E-state index in [2.05, 4.69) is 19.2 Å². The van der Waals surface area contributed by atoms with Crippen molar-refractivity contribution in [2.75, 3.05) is 6.54 Å². The fourth-order valence-corrected chi connectivity index (χ4v) is 4.81. The molecule has 1 atom stereocenters. The summed E-state index contributed by atoms with van der Waals surface area (Å²) in [6.07, 6.45) is 0.848. The van der Waals surface area contributed by atoms with E-state index in [9.17, 15) is 17.6 Å². The van der Waals surface area contributed by atoms with Gasteiger partial charge in [-0.25, -0.2) is 12.8 Å². The molecular weight excluding hydrogens is 427 g/mol. The number of sulfone groups is 1. The van der Waals surface area contributed by atoms with E-state index in [1.807, 2.05) is 0 Å². The topological polar surface area (TPSA) is 89.3 Å². The largest absolute Gasteiger partial charge is 0.352 e. The molecule has 168 valence electrons. The fourth-order valence-electron chi connectivity index (χ4n) is 3.43. The van der Waals surface area contributed by atoms with Gasteiger partial charge in [0.1, 0.15) is 11.2 Å². The van der Waals surface area contributed by atoms with Crippen molar-refractivity contribution in [3.05, 3.63) is 89.7 Å². The Morgan fingerprint density at radius 3 is 2.31 bits per heavy atom. The van der Waals surface area contributed by atoms with Crippen molar-refractivity contribution in [2.24, 2.45) is 11.7 Å². The van der Waals surface area contributed by atoms with E-state index < -0.39 is 21.0 Å². The highest BCUT2D eigenvalue weighted by atomic mass is 32.2. The first-order valence-electron chi connectivity index (χ1n) is 10.4. The third-order valence-electron chi connectivity index (χ3n) is 5.20. The maximum atomic E-state index is 13.7. The molecule has 3 N–H and O–H groups in total. The lowest BCUT2D eigenvalue weighted by atomic mass is 9.95. The summed E-state index contributed by atoms with van der Waals surface area (Å²) in [5.41, 5.74) is 8.10. The van der Waals surface area contributed by atoms with Crippen molar-refractivity contribution in [3.63, 3.8) is 0 Å². The molecule has 0 saturated carbocycles. The molecule has 0 aliphatic rings. The van der Waals surface area contributed by atoms with Crippen LogP contribution >= 0.6 is 0 Å². The Hall–Kier alpha value is -3.03. The Bertz CT molecular complexity index is 1210. The van der Waals surface area contributed by atoms with Gasteiger partial charge in [-0.15, -0.1) is 0 Å². The summed E-state index contributed by atoms with van der Waals surface area (Å²) in [4.78, 5) is 12.7. The number of carbonyl (C=O) groups excluding carboxylic acids is 1. The third kappa shape index (κ3) is 5.23. The highest BCUT2D eigenvalue weighted by Gasteiger charge is 2.28. The van der Waals surface area contributed by atoms with Gasteiger partial charge in [0.05, 0.1) is 4.90 Å². The van der Waals surface area contributed by atoms with E-state index in [4.69, 9.17) is 5.73 Å². The second-order valence-corrected chi connectivity index (χ2v) is 10.1. The zero-order valence-electron chi connectivity index (χ0n) is 18.1. The summed E-state index contributed by atoms with van der Waals surface area (Å²) in [5, 5.41) is 1.49. The lowest BCUT2D eigenvalue weighted by Gasteiger charge is -2.19. The number of amides is 1. The molecule has 0 heterocycles. The molecule has 0 radical (unpaired) electrons. The predicted octanol–water partition coefficient (Wildman–Crippen LogP) is 4.70. The number of nitrogens with two attached hydrogens (primary N) is 1. The monoisotopic (exact) mass is 454 g/mol. The van der Waals surface area contributed by atoms with Gasteiger partial charge in [0.2, 0.25) is 0 Å². The van der Waals surface area contributed by atoms with Gasteiger partial charge in [-0.1, -0.05) is 62.4 Å². The number of hydrogen-bond acceptors (Lipinski definition) is 4. The van der Waals surface area contributed by atoms with Gasteiger partial charge in [-0.3, -0.25) is 4.79 Å². The molecule has 0 aromatic heterocycles. The molecule has 0 spiro atoms. The van der Waals surface area contributed by atoms with E-state index in [0.717, 1.165) is 12.5 Å². The maximum absolute atomic E-state index is 13.7. The van der Waals surface area contributed by atoms with E-state index in [1.165, 1.54) is 18.2 Å². The quantitative estimate of drug-likeness (QED) is 0.516. The molecule has 3 rings (SSSR count). The number of halogens is 1. The Kier molecular flexibility index (Phi) is 7.43.